The highest BCUT2D eigenvalue weighted by Crippen LogP contribution is 2.30. The van der Waals surface area contributed by atoms with Gasteiger partial charge in [0.15, 0.2) is 0 Å². The molecular weight excluding hydrogens is 231 g/mol. The molecule has 3 nitrogen and oxygen atoms in total. The zero-order valence-corrected chi connectivity index (χ0v) is 9.51. The van der Waals surface area contributed by atoms with Crippen molar-refractivity contribution in [1.82, 2.24) is 15.3 Å². The van der Waals surface area contributed by atoms with E-state index in [1.807, 2.05) is 0 Å². The summed E-state index contributed by atoms with van der Waals surface area (Å²) in [5.41, 5.74) is -0.406. The first-order chi connectivity index (χ1) is 7.97. The van der Waals surface area contributed by atoms with Gasteiger partial charge in [0.1, 0.15) is 11.5 Å². The lowest BCUT2D eigenvalue weighted by atomic mass is 10.0. The third-order valence-electron chi connectivity index (χ3n) is 2.82. The minimum atomic E-state index is -4.41. The number of hydrogen-bond donors (Lipinski definition) is 1. The van der Waals surface area contributed by atoms with Crippen molar-refractivity contribution in [1.29, 1.82) is 0 Å². The molecule has 1 aromatic heterocycles. The predicted molar refractivity (Wildman–Crippen MR) is 56.4 cm³/mol. The van der Waals surface area contributed by atoms with Crippen molar-refractivity contribution in [3.8, 4) is 0 Å². The average Bonchev–Trinajstić information content (AvgIpc) is 2.28. The molecule has 0 radical (unpaired) electrons. The molecule has 1 N–H and O–H groups in total. The molecule has 1 aliphatic heterocycles. The predicted octanol–water partition coefficient (Wildman–Crippen LogP) is 2.62. The van der Waals surface area contributed by atoms with Gasteiger partial charge in [-0.3, -0.25) is 0 Å². The zero-order chi connectivity index (χ0) is 12.5. The summed E-state index contributed by atoms with van der Waals surface area (Å²) in [6, 6.07) is 0.974. The Morgan fingerprint density at radius 3 is 2.65 bits per heavy atom. The molecule has 0 amide bonds. The van der Waals surface area contributed by atoms with Crippen LogP contribution in [0.15, 0.2) is 6.07 Å². The van der Waals surface area contributed by atoms with Crippen LogP contribution < -0.4 is 5.32 Å². The van der Waals surface area contributed by atoms with Gasteiger partial charge in [-0.05, 0) is 32.4 Å². The summed E-state index contributed by atoms with van der Waals surface area (Å²) in [4.78, 5) is 7.53. The molecule has 0 aromatic carbocycles. The van der Waals surface area contributed by atoms with Crippen LogP contribution in [0.25, 0.3) is 0 Å². The van der Waals surface area contributed by atoms with Crippen LogP contribution in [0.1, 0.15) is 42.5 Å². The fraction of sp³-hybridized carbons (Fsp3) is 0.636. The van der Waals surface area contributed by atoms with Crippen molar-refractivity contribution < 1.29 is 13.2 Å². The van der Waals surface area contributed by atoms with E-state index in [4.69, 9.17) is 0 Å². The number of nitrogens with zero attached hydrogens (tertiary/aromatic N) is 2. The summed E-state index contributed by atoms with van der Waals surface area (Å²) in [6.45, 7) is 2.32. The highest BCUT2D eigenvalue weighted by molar-refractivity contribution is 5.17. The number of aryl methyl sites for hydroxylation is 1. The highest BCUT2D eigenvalue weighted by Gasteiger charge is 2.34. The van der Waals surface area contributed by atoms with Crippen molar-refractivity contribution in [2.45, 2.75) is 38.4 Å². The number of hydrogen-bond acceptors (Lipinski definition) is 3. The largest absolute Gasteiger partial charge is 0.433 e. The zero-order valence-electron chi connectivity index (χ0n) is 9.51. The molecule has 94 valence electrons. The van der Waals surface area contributed by atoms with Crippen LogP contribution in [0.4, 0.5) is 13.2 Å². The Bertz CT molecular complexity index is 397. The van der Waals surface area contributed by atoms with Gasteiger partial charge >= 0.3 is 6.18 Å². The number of alkyl halides is 3. The molecule has 0 bridgehead atoms. The number of halogens is 3. The normalized spacial score (nSPS) is 21.5. The second-order valence-electron chi connectivity index (χ2n) is 4.23. The van der Waals surface area contributed by atoms with Gasteiger partial charge in [0, 0.05) is 6.04 Å². The summed E-state index contributed by atoms with van der Waals surface area (Å²) in [5, 5.41) is 3.18. The maximum Gasteiger partial charge on any atom is 0.433 e. The van der Waals surface area contributed by atoms with Crippen LogP contribution in [-0.4, -0.2) is 16.5 Å². The summed E-state index contributed by atoms with van der Waals surface area (Å²) < 4.78 is 37.8. The van der Waals surface area contributed by atoms with Crippen molar-refractivity contribution in [3.63, 3.8) is 0 Å². The second kappa shape index (κ2) is 4.60. The lowest BCUT2D eigenvalue weighted by molar-refractivity contribution is -0.141. The molecule has 17 heavy (non-hydrogen) atoms. The second-order valence-corrected chi connectivity index (χ2v) is 4.23. The third-order valence-corrected chi connectivity index (χ3v) is 2.82. The molecule has 1 aromatic rings. The average molecular weight is 245 g/mol. The third kappa shape index (κ3) is 2.94. The van der Waals surface area contributed by atoms with Crippen molar-refractivity contribution >= 4 is 0 Å². The first-order valence-corrected chi connectivity index (χ1v) is 5.63. The Morgan fingerprint density at radius 1 is 1.29 bits per heavy atom. The molecule has 2 rings (SSSR count). The molecule has 0 aliphatic carbocycles. The van der Waals surface area contributed by atoms with E-state index in [1.165, 1.54) is 6.92 Å². The van der Waals surface area contributed by atoms with Crippen molar-refractivity contribution in [2.75, 3.05) is 6.54 Å². The molecule has 2 heterocycles. The lowest BCUT2D eigenvalue weighted by Gasteiger charge is -2.23. The molecule has 1 fully saturated rings. The first-order valence-electron chi connectivity index (χ1n) is 5.63. The Kier molecular flexibility index (Phi) is 3.33. The summed E-state index contributed by atoms with van der Waals surface area (Å²) in [6.07, 6.45) is -1.50. The Morgan fingerprint density at radius 2 is 2.06 bits per heavy atom. The standard InChI is InChI=1S/C11H14F3N3/c1-7-16-9(8-4-2-3-5-15-8)6-10(17-7)11(12,13)14/h6,8,15H,2-5H2,1H3. The summed E-state index contributed by atoms with van der Waals surface area (Å²) in [5.74, 6) is 0.169. The van der Waals surface area contributed by atoms with Gasteiger partial charge in [-0.1, -0.05) is 6.42 Å². The monoisotopic (exact) mass is 245 g/mol. The van der Waals surface area contributed by atoms with E-state index in [9.17, 15) is 13.2 Å². The van der Waals surface area contributed by atoms with Crippen molar-refractivity contribution in [3.05, 3.63) is 23.3 Å². The molecule has 6 heteroatoms. The number of aromatic nitrogens is 2. The van der Waals surface area contributed by atoms with Crippen LogP contribution in [0, 0.1) is 6.92 Å². The first kappa shape index (κ1) is 12.3. The minimum Gasteiger partial charge on any atom is -0.309 e. The van der Waals surface area contributed by atoms with Gasteiger partial charge in [-0.15, -0.1) is 0 Å². The fourth-order valence-electron chi connectivity index (χ4n) is 2.02. The molecule has 1 atom stereocenters. The van der Waals surface area contributed by atoms with Crippen LogP contribution >= 0.6 is 0 Å². The topological polar surface area (TPSA) is 37.8 Å². The summed E-state index contributed by atoms with van der Waals surface area (Å²) in [7, 11) is 0. The Hall–Kier alpha value is -1.17. The number of nitrogens with one attached hydrogen (secondary N) is 1. The smallest absolute Gasteiger partial charge is 0.309 e. The van der Waals surface area contributed by atoms with Crippen LogP contribution in [0.3, 0.4) is 0 Å². The number of rotatable bonds is 1. The Balaban J connectivity index is 2.31. The van der Waals surface area contributed by atoms with E-state index >= 15 is 0 Å². The van der Waals surface area contributed by atoms with Gasteiger partial charge in [-0.2, -0.15) is 13.2 Å². The maximum absolute atomic E-state index is 12.6. The van der Waals surface area contributed by atoms with Crippen LogP contribution in [0.5, 0.6) is 0 Å². The van der Waals surface area contributed by atoms with Gasteiger partial charge < -0.3 is 5.32 Å². The molecule has 1 unspecified atom stereocenters. The van der Waals surface area contributed by atoms with Gasteiger partial charge in [0.2, 0.25) is 0 Å². The molecule has 0 spiro atoms. The molecule has 1 aliphatic rings. The quantitative estimate of drug-likeness (QED) is 0.826. The van der Waals surface area contributed by atoms with Gasteiger partial charge in [0.05, 0.1) is 5.69 Å². The minimum absolute atomic E-state index is 0.0773. The van der Waals surface area contributed by atoms with Crippen LogP contribution in [0.2, 0.25) is 0 Å². The molecule has 1 saturated heterocycles. The van der Waals surface area contributed by atoms with Crippen molar-refractivity contribution in [2.24, 2.45) is 0 Å². The number of piperidine rings is 1. The van der Waals surface area contributed by atoms with E-state index in [0.717, 1.165) is 31.9 Å². The fourth-order valence-corrected chi connectivity index (χ4v) is 2.02. The lowest BCUT2D eigenvalue weighted by Crippen LogP contribution is -2.28. The van der Waals surface area contributed by atoms with Gasteiger partial charge in [0.25, 0.3) is 0 Å². The highest BCUT2D eigenvalue weighted by atomic mass is 19.4. The summed E-state index contributed by atoms with van der Waals surface area (Å²) >= 11 is 0. The van der Waals surface area contributed by atoms with E-state index in [2.05, 4.69) is 15.3 Å². The SMILES string of the molecule is Cc1nc(C2CCCCN2)cc(C(F)(F)F)n1. The molecule has 0 saturated carbocycles. The Labute approximate surface area is 97.5 Å². The van der Waals surface area contributed by atoms with E-state index in [1.54, 1.807) is 0 Å². The van der Waals surface area contributed by atoms with E-state index in [-0.39, 0.29) is 11.9 Å². The van der Waals surface area contributed by atoms with E-state index in [0.29, 0.717) is 5.69 Å². The maximum atomic E-state index is 12.6. The van der Waals surface area contributed by atoms with E-state index < -0.39 is 11.9 Å². The van der Waals surface area contributed by atoms with Gasteiger partial charge in [-0.25, -0.2) is 9.97 Å². The molecular formula is C11H14F3N3. The van der Waals surface area contributed by atoms with Crippen LogP contribution in [-0.2, 0) is 6.18 Å².